The van der Waals surface area contributed by atoms with Gasteiger partial charge in [0.15, 0.2) is 11.5 Å². The minimum absolute atomic E-state index is 0.260. The molecule has 6 heteroatoms. The highest BCUT2D eigenvalue weighted by molar-refractivity contribution is 5.65. The molecule has 0 spiro atoms. The maximum Gasteiger partial charge on any atom is 0.163 e. The first-order valence-corrected chi connectivity index (χ1v) is 9.59. The number of rotatable bonds is 7. The lowest BCUT2D eigenvalue weighted by molar-refractivity contribution is 0.201. The maximum atomic E-state index is 6.28. The van der Waals surface area contributed by atoms with Gasteiger partial charge in [0.1, 0.15) is 6.33 Å². The molecule has 0 radical (unpaired) electrons. The number of nitrogens with zero attached hydrogens (tertiary/aromatic N) is 4. The van der Waals surface area contributed by atoms with E-state index in [1.165, 1.54) is 19.2 Å². The molecule has 0 saturated heterocycles. The molecular formula is C22H24N4O2. The van der Waals surface area contributed by atoms with Crippen molar-refractivity contribution in [2.24, 2.45) is 0 Å². The van der Waals surface area contributed by atoms with Gasteiger partial charge in [-0.15, -0.1) is 0 Å². The second-order valence-electron chi connectivity index (χ2n) is 6.90. The lowest BCUT2D eigenvalue weighted by Gasteiger charge is -2.26. The molecule has 4 rings (SSSR count). The van der Waals surface area contributed by atoms with Gasteiger partial charge in [-0.2, -0.15) is 0 Å². The van der Waals surface area contributed by atoms with E-state index in [-0.39, 0.29) is 6.10 Å². The van der Waals surface area contributed by atoms with Crippen LogP contribution in [0.3, 0.4) is 0 Å². The van der Waals surface area contributed by atoms with Crippen LogP contribution in [-0.2, 0) is 6.54 Å². The van der Waals surface area contributed by atoms with Crippen molar-refractivity contribution in [2.45, 2.75) is 38.3 Å². The Kier molecular flexibility index (Phi) is 5.66. The molecule has 28 heavy (non-hydrogen) atoms. The molecule has 1 aliphatic rings. The normalized spacial score (nSPS) is 14.0. The highest BCUT2D eigenvalue weighted by atomic mass is 16.5. The molecule has 2 heterocycles. The lowest BCUT2D eigenvalue weighted by Crippen LogP contribution is -2.18. The van der Waals surface area contributed by atoms with E-state index in [1.54, 1.807) is 13.3 Å². The fourth-order valence-corrected chi connectivity index (χ4v) is 3.55. The number of hydrogen-bond donors (Lipinski definition) is 0. The predicted molar refractivity (Wildman–Crippen MR) is 108 cm³/mol. The van der Waals surface area contributed by atoms with Gasteiger partial charge in [-0.25, -0.2) is 9.97 Å². The first kappa shape index (κ1) is 18.2. The molecule has 0 bridgehead atoms. The van der Waals surface area contributed by atoms with E-state index in [1.807, 2.05) is 42.9 Å². The van der Waals surface area contributed by atoms with Crippen LogP contribution in [0.2, 0.25) is 0 Å². The molecule has 0 N–H and O–H groups in total. The summed E-state index contributed by atoms with van der Waals surface area (Å²) in [7, 11) is 1.68. The number of aromatic nitrogens is 3. The number of pyridine rings is 1. The average Bonchev–Trinajstić information content (AvgIpc) is 3.26. The van der Waals surface area contributed by atoms with Crippen molar-refractivity contribution in [2.75, 3.05) is 12.0 Å². The number of ether oxygens (including phenoxy) is 2. The van der Waals surface area contributed by atoms with Crippen LogP contribution in [0, 0.1) is 0 Å². The fourth-order valence-electron chi connectivity index (χ4n) is 3.55. The van der Waals surface area contributed by atoms with Crippen molar-refractivity contribution in [3.05, 3.63) is 67.0 Å². The second kappa shape index (κ2) is 8.69. The third-order valence-corrected chi connectivity index (χ3v) is 4.98. The molecule has 6 nitrogen and oxygen atoms in total. The topological polar surface area (TPSA) is 60.4 Å². The minimum Gasteiger partial charge on any atom is -0.493 e. The Balaban J connectivity index is 1.68. The standard InChI is InChI=1S/C22H24N4O2/c1-27-21-9-8-18(11-22(21)28-20-6-2-3-7-20)26(19-13-24-16-25-14-19)15-17-5-4-10-23-12-17/h4-5,8-14,16,20H,2-3,6-7,15H2,1H3. The van der Waals surface area contributed by atoms with Gasteiger partial charge in [0.2, 0.25) is 0 Å². The van der Waals surface area contributed by atoms with Crippen molar-refractivity contribution in [3.63, 3.8) is 0 Å². The highest BCUT2D eigenvalue weighted by Crippen LogP contribution is 2.37. The van der Waals surface area contributed by atoms with Gasteiger partial charge in [0.05, 0.1) is 31.3 Å². The molecule has 3 aromatic rings. The molecule has 144 valence electrons. The van der Waals surface area contributed by atoms with Crippen molar-refractivity contribution >= 4 is 11.4 Å². The van der Waals surface area contributed by atoms with Crippen LogP contribution in [0.4, 0.5) is 11.4 Å². The molecule has 1 aliphatic carbocycles. The van der Waals surface area contributed by atoms with E-state index in [0.717, 1.165) is 41.3 Å². The quantitative estimate of drug-likeness (QED) is 0.603. The smallest absolute Gasteiger partial charge is 0.163 e. The Hall–Kier alpha value is -3.15. The van der Waals surface area contributed by atoms with Crippen molar-refractivity contribution in [1.29, 1.82) is 0 Å². The molecule has 1 saturated carbocycles. The zero-order valence-corrected chi connectivity index (χ0v) is 16.0. The third-order valence-electron chi connectivity index (χ3n) is 4.98. The van der Waals surface area contributed by atoms with Crippen molar-refractivity contribution in [1.82, 2.24) is 15.0 Å². The largest absolute Gasteiger partial charge is 0.493 e. The third kappa shape index (κ3) is 4.22. The zero-order chi connectivity index (χ0) is 19.2. The first-order chi connectivity index (χ1) is 13.8. The predicted octanol–water partition coefficient (Wildman–Crippen LogP) is 4.54. The first-order valence-electron chi connectivity index (χ1n) is 9.59. The molecular weight excluding hydrogens is 352 g/mol. The van der Waals surface area contributed by atoms with Gasteiger partial charge in [0, 0.05) is 30.7 Å². The molecule has 1 fully saturated rings. The molecule has 0 amide bonds. The molecule has 0 unspecified atom stereocenters. The summed E-state index contributed by atoms with van der Waals surface area (Å²) in [5.74, 6) is 1.53. The van der Waals surface area contributed by atoms with E-state index < -0.39 is 0 Å². The Morgan fingerprint density at radius 2 is 1.79 bits per heavy atom. The number of hydrogen-bond acceptors (Lipinski definition) is 6. The van der Waals surface area contributed by atoms with Gasteiger partial charge in [-0.3, -0.25) is 4.98 Å². The summed E-state index contributed by atoms with van der Waals surface area (Å²) in [5.41, 5.74) is 3.00. The summed E-state index contributed by atoms with van der Waals surface area (Å²) in [6.45, 7) is 0.649. The summed E-state index contributed by atoms with van der Waals surface area (Å²) in [6, 6.07) is 10.0. The Labute approximate surface area is 165 Å². The van der Waals surface area contributed by atoms with E-state index in [9.17, 15) is 0 Å². The van der Waals surface area contributed by atoms with Crippen LogP contribution in [0.25, 0.3) is 0 Å². The van der Waals surface area contributed by atoms with Gasteiger partial charge in [-0.1, -0.05) is 6.07 Å². The lowest BCUT2D eigenvalue weighted by atomic mass is 10.2. The summed E-state index contributed by atoms with van der Waals surface area (Å²) in [4.78, 5) is 14.8. The van der Waals surface area contributed by atoms with Gasteiger partial charge in [-0.05, 0) is 49.4 Å². The van der Waals surface area contributed by atoms with Crippen LogP contribution in [0.15, 0.2) is 61.4 Å². The monoisotopic (exact) mass is 376 g/mol. The van der Waals surface area contributed by atoms with E-state index >= 15 is 0 Å². The summed E-state index contributed by atoms with van der Waals surface area (Å²) in [6.07, 6.45) is 13.7. The fraction of sp³-hybridized carbons (Fsp3) is 0.318. The van der Waals surface area contributed by atoms with Crippen LogP contribution in [0.1, 0.15) is 31.2 Å². The van der Waals surface area contributed by atoms with Gasteiger partial charge >= 0.3 is 0 Å². The van der Waals surface area contributed by atoms with Crippen molar-refractivity contribution < 1.29 is 9.47 Å². The Morgan fingerprint density at radius 3 is 2.50 bits per heavy atom. The number of methoxy groups -OCH3 is 1. The van der Waals surface area contributed by atoms with Crippen molar-refractivity contribution in [3.8, 4) is 11.5 Å². The second-order valence-corrected chi connectivity index (χ2v) is 6.90. The van der Waals surface area contributed by atoms with Gasteiger partial charge in [0.25, 0.3) is 0 Å². The van der Waals surface area contributed by atoms with E-state index in [0.29, 0.717) is 6.54 Å². The van der Waals surface area contributed by atoms with Crippen LogP contribution < -0.4 is 14.4 Å². The minimum atomic E-state index is 0.260. The Morgan fingerprint density at radius 1 is 0.964 bits per heavy atom. The summed E-state index contributed by atoms with van der Waals surface area (Å²) in [5, 5.41) is 0. The maximum absolute atomic E-state index is 6.28. The molecule has 0 aliphatic heterocycles. The molecule has 2 aromatic heterocycles. The highest BCUT2D eigenvalue weighted by Gasteiger charge is 2.20. The van der Waals surface area contributed by atoms with Crippen LogP contribution >= 0.6 is 0 Å². The average molecular weight is 376 g/mol. The number of anilines is 2. The molecule has 1 aromatic carbocycles. The van der Waals surface area contributed by atoms with Crippen LogP contribution in [-0.4, -0.2) is 28.2 Å². The van der Waals surface area contributed by atoms with Gasteiger partial charge < -0.3 is 14.4 Å². The Bertz CT molecular complexity index is 884. The van der Waals surface area contributed by atoms with E-state index in [2.05, 4.69) is 25.9 Å². The van der Waals surface area contributed by atoms with E-state index in [4.69, 9.17) is 9.47 Å². The van der Waals surface area contributed by atoms with Crippen LogP contribution in [0.5, 0.6) is 11.5 Å². The molecule has 0 atom stereocenters. The summed E-state index contributed by atoms with van der Waals surface area (Å²) >= 11 is 0. The SMILES string of the molecule is COc1ccc(N(Cc2cccnc2)c2cncnc2)cc1OC1CCCC1. The number of benzene rings is 1. The zero-order valence-electron chi connectivity index (χ0n) is 16.0. The summed E-state index contributed by atoms with van der Waals surface area (Å²) < 4.78 is 11.8.